The first-order valence-electron chi connectivity index (χ1n) is 8.23. The van der Waals surface area contributed by atoms with Gasteiger partial charge in [-0.2, -0.15) is 0 Å². The zero-order valence-electron chi connectivity index (χ0n) is 14.2. The van der Waals surface area contributed by atoms with Crippen molar-refractivity contribution in [2.75, 3.05) is 18.6 Å². The number of anilines is 1. The van der Waals surface area contributed by atoms with Crippen molar-refractivity contribution in [1.29, 1.82) is 0 Å². The number of ether oxygens (including phenoxy) is 1. The fourth-order valence-electron chi connectivity index (χ4n) is 3.33. The highest BCUT2D eigenvalue weighted by atomic mass is 19.3. The summed E-state index contributed by atoms with van der Waals surface area (Å²) >= 11 is 0. The first kappa shape index (κ1) is 16.7. The molecule has 0 radical (unpaired) electrons. The highest BCUT2D eigenvalue weighted by Crippen LogP contribution is 2.39. The number of aromatic nitrogens is 1. The van der Waals surface area contributed by atoms with Gasteiger partial charge in [-0.3, -0.25) is 0 Å². The number of nitrogens with zero attached hydrogens (tertiary/aromatic N) is 2. The number of hydrogen-bond acceptors (Lipinski definition) is 3. The van der Waals surface area contributed by atoms with E-state index in [4.69, 9.17) is 4.74 Å². The van der Waals surface area contributed by atoms with Crippen molar-refractivity contribution in [2.45, 2.75) is 39.2 Å². The summed E-state index contributed by atoms with van der Waals surface area (Å²) in [6.07, 6.45) is 1.01. The van der Waals surface area contributed by atoms with Gasteiger partial charge in [0.2, 0.25) is 5.88 Å². The molecule has 2 heterocycles. The number of aryl methyl sites for hydroxylation is 1. The second-order valence-electron chi connectivity index (χ2n) is 6.35. The molecule has 0 saturated carbocycles. The van der Waals surface area contributed by atoms with E-state index in [-0.39, 0.29) is 5.56 Å². The summed E-state index contributed by atoms with van der Waals surface area (Å²) in [7, 11) is 1.52. The lowest BCUT2D eigenvalue weighted by Crippen LogP contribution is -2.35. The predicted molar refractivity (Wildman–Crippen MR) is 92.0 cm³/mol. The predicted octanol–water partition coefficient (Wildman–Crippen LogP) is 4.86. The van der Waals surface area contributed by atoms with Crippen LogP contribution in [0.5, 0.6) is 5.88 Å². The molecular weight excluding hydrogens is 310 g/mol. The van der Waals surface area contributed by atoms with Crippen molar-refractivity contribution in [3.63, 3.8) is 0 Å². The average molecular weight is 332 g/mol. The van der Waals surface area contributed by atoms with Crippen molar-refractivity contribution in [2.24, 2.45) is 0 Å². The summed E-state index contributed by atoms with van der Waals surface area (Å²) < 4.78 is 32.6. The summed E-state index contributed by atoms with van der Waals surface area (Å²) in [4.78, 5) is 6.27. The molecule has 3 nitrogen and oxygen atoms in total. The van der Waals surface area contributed by atoms with Gasteiger partial charge in [0.05, 0.1) is 7.11 Å². The highest BCUT2D eigenvalue weighted by molar-refractivity contribution is 5.74. The van der Waals surface area contributed by atoms with Crippen molar-refractivity contribution in [3.05, 3.63) is 41.6 Å². The van der Waals surface area contributed by atoms with E-state index in [1.165, 1.54) is 7.11 Å². The van der Waals surface area contributed by atoms with Gasteiger partial charge < -0.3 is 9.64 Å². The Hall–Kier alpha value is -2.17. The fourth-order valence-corrected chi connectivity index (χ4v) is 3.33. The van der Waals surface area contributed by atoms with Crippen LogP contribution in [0.3, 0.4) is 0 Å². The highest BCUT2D eigenvalue weighted by Gasteiger charge is 2.24. The first-order valence-corrected chi connectivity index (χ1v) is 8.23. The lowest BCUT2D eigenvalue weighted by atomic mass is 9.92. The van der Waals surface area contributed by atoms with Gasteiger partial charge in [-0.25, -0.2) is 13.8 Å². The van der Waals surface area contributed by atoms with Crippen LogP contribution in [0.2, 0.25) is 0 Å². The largest absolute Gasteiger partial charge is 0.481 e. The normalized spacial score (nSPS) is 14.2. The zero-order chi connectivity index (χ0) is 17.3. The van der Waals surface area contributed by atoms with E-state index < -0.39 is 6.43 Å². The zero-order valence-corrected chi connectivity index (χ0v) is 14.2. The van der Waals surface area contributed by atoms with Gasteiger partial charge in [0.25, 0.3) is 6.43 Å². The Morgan fingerprint density at radius 2 is 2.00 bits per heavy atom. The van der Waals surface area contributed by atoms with E-state index in [2.05, 4.69) is 23.7 Å². The molecule has 1 aliphatic heterocycles. The maximum absolute atomic E-state index is 13.7. The van der Waals surface area contributed by atoms with E-state index in [0.29, 0.717) is 23.0 Å². The van der Waals surface area contributed by atoms with Gasteiger partial charge in [0.15, 0.2) is 0 Å². The van der Waals surface area contributed by atoms with Crippen LogP contribution in [0.25, 0.3) is 11.1 Å². The molecule has 0 saturated heterocycles. The van der Waals surface area contributed by atoms with Crippen molar-refractivity contribution in [3.8, 4) is 17.0 Å². The topological polar surface area (TPSA) is 25.4 Å². The number of hydrogen-bond donors (Lipinski definition) is 0. The molecule has 1 aliphatic rings. The van der Waals surface area contributed by atoms with E-state index in [1.807, 2.05) is 6.07 Å². The van der Waals surface area contributed by atoms with Crippen molar-refractivity contribution < 1.29 is 13.5 Å². The second-order valence-corrected chi connectivity index (χ2v) is 6.35. The van der Waals surface area contributed by atoms with Crippen LogP contribution in [0.1, 0.15) is 37.8 Å². The molecule has 0 amide bonds. The number of methoxy groups -OCH3 is 1. The molecule has 5 heteroatoms. The smallest absolute Gasteiger partial charge is 0.264 e. The Morgan fingerprint density at radius 1 is 1.21 bits per heavy atom. The van der Waals surface area contributed by atoms with Gasteiger partial charge in [0, 0.05) is 36.1 Å². The molecule has 128 valence electrons. The van der Waals surface area contributed by atoms with Crippen LogP contribution in [0.15, 0.2) is 30.5 Å². The lowest BCUT2D eigenvalue weighted by molar-refractivity contribution is 0.152. The van der Waals surface area contributed by atoms with E-state index in [1.54, 1.807) is 24.4 Å². The van der Waals surface area contributed by atoms with Crippen LogP contribution in [0.4, 0.5) is 14.5 Å². The monoisotopic (exact) mass is 332 g/mol. The molecule has 24 heavy (non-hydrogen) atoms. The van der Waals surface area contributed by atoms with Crippen LogP contribution in [-0.4, -0.2) is 24.7 Å². The maximum atomic E-state index is 13.7. The lowest BCUT2D eigenvalue weighted by Gasteiger charge is -2.35. The molecule has 0 unspecified atom stereocenters. The summed E-state index contributed by atoms with van der Waals surface area (Å²) in [6.45, 7) is 5.10. The minimum atomic E-state index is -2.53. The first-order chi connectivity index (χ1) is 11.5. The van der Waals surface area contributed by atoms with Gasteiger partial charge in [-0.05, 0) is 61.6 Å². The van der Waals surface area contributed by atoms with E-state index in [9.17, 15) is 8.78 Å². The van der Waals surface area contributed by atoms with Gasteiger partial charge >= 0.3 is 0 Å². The molecule has 1 aromatic carbocycles. The number of alkyl halides is 2. The number of benzene rings is 1. The van der Waals surface area contributed by atoms with E-state index in [0.717, 1.165) is 30.6 Å². The Balaban J connectivity index is 2.16. The number of pyridine rings is 1. The Labute approximate surface area is 141 Å². The number of fused-ring (bicyclic) bond motifs is 1. The minimum absolute atomic E-state index is 0.0644. The third-order valence-corrected chi connectivity index (χ3v) is 4.52. The van der Waals surface area contributed by atoms with Gasteiger partial charge in [0.1, 0.15) is 0 Å². The summed E-state index contributed by atoms with van der Waals surface area (Å²) in [5, 5.41) is 0. The molecule has 0 spiro atoms. The molecule has 0 fully saturated rings. The SMILES string of the molecule is COc1cc(-c2cc3c(cc2C(F)F)N(C(C)C)CCC3)ccn1. The standard InChI is InChI=1S/C19H22F2N2O/c1-12(2)23-8-4-5-14-9-15(16(19(20)21)11-17(14)23)13-6-7-22-18(10-13)24-3/h6-7,9-12,19H,4-5,8H2,1-3H3. The van der Waals surface area contributed by atoms with Crippen molar-refractivity contribution in [1.82, 2.24) is 4.98 Å². The molecule has 1 aromatic heterocycles. The summed E-state index contributed by atoms with van der Waals surface area (Å²) in [5.74, 6) is 0.425. The average Bonchev–Trinajstić information content (AvgIpc) is 2.59. The van der Waals surface area contributed by atoms with Crippen LogP contribution >= 0.6 is 0 Å². The number of rotatable bonds is 4. The molecule has 0 N–H and O–H groups in total. The maximum Gasteiger partial charge on any atom is 0.264 e. The third-order valence-electron chi connectivity index (χ3n) is 4.52. The van der Waals surface area contributed by atoms with Crippen LogP contribution in [-0.2, 0) is 6.42 Å². The van der Waals surface area contributed by atoms with Crippen molar-refractivity contribution >= 4 is 5.69 Å². The molecule has 0 aliphatic carbocycles. The number of halogens is 2. The Morgan fingerprint density at radius 3 is 2.67 bits per heavy atom. The van der Waals surface area contributed by atoms with Crippen LogP contribution in [0, 0.1) is 0 Å². The molecule has 2 aromatic rings. The fraction of sp³-hybridized carbons (Fsp3) is 0.421. The quantitative estimate of drug-likeness (QED) is 0.800. The Kier molecular flexibility index (Phi) is 4.69. The molecule has 3 rings (SSSR count). The second kappa shape index (κ2) is 6.75. The molecular formula is C19H22F2N2O. The minimum Gasteiger partial charge on any atom is -0.481 e. The van der Waals surface area contributed by atoms with Gasteiger partial charge in [-0.15, -0.1) is 0 Å². The molecule has 0 atom stereocenters. The van der Waals surface area contributed by atoms with E-state index >= 15 is 0 Å². The van der Waals surface area contributed by atoms with Crippen LogP contribution < -0.4 is 9.64 Å². The third kappa shape index (κ3) is 3.07. The summed E-state index contributed by atoms with van der Waals surface area (Å²) in [5.41, 5.74) is 3.41. The summed E-state index contributed by atoms with van der Waals surface area (Å²) in [6, 6.07) is 7.33. The Bertz CT molecular complexity index is 731. The van der Waals surface area contributed by atoms with Gasteiger partial charge in [-0.1, -0.05) is 0 Å². The molecule has 0 bridgehead atoms.